The maximum Gasteiger partial charge on any atom is 0.250 e. The number of hydrogen-bond acceptors (Lipinski definition) is 3. The molecule has 0 saturated carbocycles. The van der Waals surface area contributed by atoms with E-state index in [1.165, 1.54) is 34.0 Å². The van der Waals surface area contributed by atoms with Crippen LogP contribution in [0.25, 0.3) is 0 Å². The summed E-state index contributed by atoms with van der Waals surface area (Å²) in [6.07, 6.45) is 2.03. The molecule has 32 heavy (non-hydrogen) atoms. The van der Waals surface area contributed by atoms with Gasteiger partial charge in [-0.3, -0.25) is 9.59 Å². The van der Waals surface area contributed by atoms with Gasteiger partial charge in [0.15, 0.2) is 6.10 Å². The van der Waals surface area contributed by atoms with Gasteiger partial charge in [-0.15, -0.1) is 0 Å². The average Bonchev–Trinajstić information content (AvgIpc) is 2.75. The van der Waals surface area contributed by atoms with Crippen LogP contribution in [0, 0.1) is 11.8 Å². The first kappa shape index (κ1) is 20.4. The van der Waals surface area contributed by atoms with Gasteiger partial charge < -0.3 is 24.0 Å². The Morgan fingerprint density at radius 2 is 1.25 bits per heavy atom. The fourth-order valence-corrected chi connectivity index (χ4v) is 7.31. The molecule has 6 unspecified atom stereocenters. The van der Waals surface area contributed by atoms with Crippen molar-refractivity contribution in [2.24, 2.45) is 11.8 Å². The van der Waals surface area contributed by atoms with E-state index < -0.39 is 0 Å². The molecule has 4 bridgehead atoms. The van der Waals surface area contributed by atoms with Crippen LogP contribution in [0.5, 0.6) is 0 Å². The van der Waals surface area contributed by atoms with Crippen LogP contribution in [-0.4, -0.2) is 59.6 Å². The first-order valence-corrected chi connectivity index (χ1v) is 12.3. The summed E-state index contributed by atoms with van der Waals surface area (Å²) >= 11 is 0. The number of pyridine rings is 2. The molecule has 2 aromatic heterocycles. The third-order valence-corrected chi connectivity index (χ3v) is 8.39. The Hall–Kier alpha value is -2.22. The molecule has 0 amide bonds. The number of nitrogens with one attached hydrogen (secondary N) is 2. The van der Waals surface area contributed by atoms with Crippen molar-refractivity contribution in [1.29, 1.82) is 0 Å². The van der Waals surface area contributed by atoms with Crippen LogP contribution in [0.1, 0.15) is 36.1 Å². The maximum atomic E-state index is 12.2. The topological polar surface area (TPSA) is 73.1 Å². The number of piperidine rings is 2. The van der Waals surface area contributed by atoms with Crippen molar-refractivity contribution in [2.45, 2.75) is 43.9 Å². The van der Waals surface area contributed by atoms with Crippen LogP contribution in [0.4, 0.5) is 0 Å². The third kappa shape index (κ3) is 3.66. The number of likely N-dealkylation sites (tertiary alicyclic amines) is 2. The SMILES string of the molecule is O=c1cccc2n1CC1CC2C[NH+](CC(O)C[NH+]2CC3CC(C2)c2cccc(=O)n2C3)C1. The quantitative estimate of drug-likeness (QED) is 0.521. The summed E-state index contributed by atoms with van der Waals surface area (Å²) in [6, 6.07) is 11.3. The Morgan fingerprint density at radius 1 is 0.781 bits per heavy atom. The molecule has 2 fully saturated rings. The number of fused-ring (bicyclic) bond motifs is 8. The van der Waals surface area contributed by atoms with Crippen LogP contribution in [0.15, 0.2) is 46.0 Å². The van der Waals surface area contributed by atoms with Gasteiger partial charge in [0.1, 0.15) is 13.1 Å². The maximum absolute atomic E-state index is 12.2. The van der Waals surface area contributed by atoms with Crippen molar-refractivity contribution in [3.8, 4) is 0 Å². The molecule has 2 aromatic rings. The third-order valence-electron chi connectivity index (χ3n) is 8.39. The highest BCUT2D eigenvalue weighted by Crippen LogP contribution is 2.31. The van der Waals surface area contributed by atoms with E-state index in [0.29, 0.717) is 23.7 Å². The molecule has 3 N–H and O–H groups in total. The molecule has 6 atom stereocenters. The van der Waals surface area contributed by atoms with Crippen LogP contribution in [0.2, 0.25) is 0 Å². The Morgan fingerprint density at radius 3 is 1.72 bits per heavy atom. The molecule has 0 spiro atoms. The highest BCUT2D eigenvalue weighted by atomic mass is 16.3. The van der Waals surface area contributed by atoms with E-state index in [4.69, 9.17) is 0 Å². The normalized spacial score (nSPS) is 33.8. The van der Waals surface area contributed by atoms with Crippen LogP contribution >= 0.6 is 0 Å². The fourth-order valence-electron chi connectivity index (χ4n) is 7.31. The molecule has 4 aliphatic heterocycles. The Bertz CT molecular complexity index is 1040. The Balaban J connectivity index is 1.09. The monoisotopic (exact) mass is 438 g/mol. The molecular formula is C25H34N4O3+2. The molecule has 4 aliphatic rings. The van der Waals surface area contributed by atoms with Crippen molar-refractivity contribution in [3.05, 3.63) is 68.5 Å². The minimum Gasteiger partial charge on any atom is -0.382 e. The van der Waals surface area contributed by atoms with Gasteiger partial charge in [-0.05, 0) is 25.0 Å². The lowest BCUT2D eigenvalue weighted by atomic mass is 9.82. The summed E-state index contributed by atoms with van der Waals surface area (Å²) < 4.78 is 3.96. The van der Waals surface area contributed by atoms with E-state index in [1.807, 2.05) is 21.3 Å². The standard InChI is InChI=1S/C25H32N4O3/c30-21(15-26-9-17-7-19(13-26)22-3-1-5-24(31)28(22)11-17)16-27-10-18-8-20(14-27)23-4-2-6-25(32)29(23)12-18/h1-6,17-21,30H,7-16H2/p+2. The smallest absolute Gasteiger partial charge is 0.250 e. The van der Waals surface area contributed by atoms with Gasteiger partial charge in [0, 0.05) is 60.3 Å². The van der Waals surface area contributed by atoms with Gasteiger partial charge >= 0.3 is 0 Å². The van der Waals surface area contributed by atoms with E-state index in [9.17, 15) is 14.7 Å². The molecule has 170 valence electrons. The van der Waals surface area contributed by atoms with Gasteiger partial charge in [-0.2, -0.15) is 0 Å². The molecule has 6 rings (SSSR count). The largest absolute Gasteiger partial charge is 0.382 e. The number of nitrogens with zero attached hydrogens (tertiary/aromatic N) is 2. The number of aromatic nitrogens is 2. The molecule has 0 aromatic carbocycles. The molecule has 7 nitrogen and oxygen atoms in total. The average molecular weight is 439 g/mol. The van der Waals surface area contributed by atoms with Gasteiger partial charge in [-0.1, -0.05) is 12.1 Å². The summed E-state index contributed by atoms with van der Waals surface area (Å²) in [5.74, 6) is 1.91. The van der Waals surface area contributed by atoms with Crippen LogP contribution in [0.3, 0.4) is 0 Å². The minimum atomic E-state index is -0.311. The van der Waals surface area contributed by atoms with Crippen molar-refractivity contribution < 1.29 is 14.9 Å². The number of aliphatic hydroxyl groups excluding tert-OH is 1. The summed E-state index contributed by atoms with van der Waals surface area (Å²) in [5.41, 5.74) is 2.63. The van der Waals surface area contributed by atoms with Crippen molar-refractivity contribution in [2.75, 3.05) is 39.3 Å². The van der Waals surface area contributed by atoms with E-state index in [2.05, 4.69) is 12.1 Å². The summed E-state index contributed by atoms with van der Waals surface area (Å²) in [7, 11) is 0. The lowest BCUT2D eigenvalue weighted by molar-refractivity contribution is -0.935. The minimum absolute atomic E-state index is 0.128. The lowest BCUT2D eigenvalue weighted by Gasteiger charge is -2.42. The first-order chi connectivity index (χ1) is 15.5. The zero-order valence-corrected chi connectivity index (χ0v) is 18.6. The number of hydrogen-bond donors (Lipinski definition) is 3. The molecule has 2 saturated heterocycles. The first-order valence-electron chi connectivity index (χ1n) is 12.3. The molecular weight excluding hydrogens is 404 g/mol. The highest BCUT2D eigenvalue weighted by molar-refractivity contribution is 5.16. The van der Waals surface area contributed by atoms with Gasteiger partial charge in [0.25, 0.3) is 11.1 Å². The Labute approximate surface area is 187 Å². The molecule has 0 radical (unpaired) electrons. The van der Waals surface area contributed by atoms with Crippen molar-refractivity contribution >= 4 is 0 Å². The molecule has 7 heteroatoms. The summed E-state index contributed by atoms with van der Waals surface area (Å²) in [6.45, 7) is 7.34. The van der Waals surface area contributed by atoms with Crippen LogP contribution in [-0.2, 0) is 13.1 Å². The predicted octanol–water partition coefficient (Wildman–Crippen LogP) is -1.92. The Kier molecular flexibility index (Phi) is 5.08. The fraction of sp³-hybridized carbons (Fsp3) is 0.600. The van der Waals surface area contributed by atoms with Crippen LogP contribution < -0.4 is 20.9 Å². The number of aliphatic hydroxyl groups is 1. The molecule has 0 aliphatic carbocycles. The second-order valence-electron chi connectivity index (χ2n) is 10.8. The van der Waals surface area contributed by atoms with Crippen molar-refractivity contribution in [3.63, 3.8) is 0 Å². The van der Waals surface area contributed by atoms with Gasteiger partial charge in [0.05, 0.1) is 26.2 Å². The predicted molar refractivity (Wildman–Crippen MR) is 120 cm³/mol. The number of quaternary nitrogens is 2. The van der Waals surface area contributed by atoms with Gasteiger partial charge in [-0.25, -0.2) is 0 Å². The second-order valence-corrected chi connectivity index (χ2v) is 10.8. The van der Waals surface area contributed by atoms with E-state index >= 15 is 0 Å². The summed E-state index contributed by atoms with van der Waals surface area (Å²) in [4.78, 5) is 27.5. The van der Waals surface area contributed by atoms with Crippen molar-refractivity contribution in [1.82, 2.24) is 9.13 Å². The lowest BCUT2D eigenvalue weighted by Crippen LogP contribution is -3.19. The zero-order chi connectivity index (χ0) is 21.8. The van der Waals surface area contributed by atoms with E-state index in [1.54, 1.807) is 12.1 Å². The second kappa shape index (κ2) is 7.97. The van der Waals surface area contributed by atoms with E-state index in [-0.39, 0.29) is 17.2 Å². The zero-order valence-electron chi connectivity index (χ0n) is 18.6. The highest BCUT2D eigenvalue weighted by Gasteiger charge is 2.40. The van der Waals surface area contributed by atoms with E-state index in [0.717, 1.165) is 52.4 Å². The number of rotatable bonds is 4. The summed E-state index contributed by atoms with van der Waals surface area (Å²) in [5, 5.41) is 11.0. The molecule has 6 heterocycles. The van der Waals surface area contributed by atoms with Gasteiger partial charge in [0.2, 0.25) is 0 Å².